The van der Waals surface area contributed by atoms with Gasteiger partial charge in [0.25, 0.3) is 0 Å². The van der Waals surface area contributed by atoms with Gasteiger partial charge in [-0.2, -0.15) is 0 Å². The minimum atomic E-state index is 0.430. The Morgan fingerprint density at radius 1 is 1.12 bits per heavy atom. The summed E-state index contributed by atoms with van der Waals surface area (Å²) in [6, 6.07) is 10.0. The minimum absolute atomic E-state index is 0.430. The number of rotatable bonds is 1. The lowest BCUT2D eigenvalue weighted by Crippen LogP contribution is -1.88. The van der Waals surface area contributed by atoms with Crippen LogP contribution >= 0.6 is 8.46 Å². The van der Waals surface area contributed by atoms with Gasteiger partial charge in [0.1, 0.15) is 7.57 Å². The summed E-state index contributed by atoms with van der Waals surface area (Å²) >= 11 is 0. The Balaban J connectivity index is 2.83. The molecule has 0 aliphatic rings. The molecule has 0 aliphatic heterocycles. The smallest absolute Gasteiger partial charge is 0.110 e. The summed E-state index contributed by atoms with van der Waals surface area (Å²) in [5.74, 6) is 0. The molecule has 0 aliphatic carbocycles. The molecule has 8 heavy (non-hydrogen) atoms. The minimum Gasteiger partial charge on any atom is -0.141 e. The van der Waals surface area contributed by atoms with Gasteiger partial charge in [0, 0.05) is 0 Å². The second kappa shape index (κ2) is 2.89. The number of hydrogen-bond donors (Lipinski definition) is 0. The third-order valence-electron chi connectivity index (χ3n) is 0.940. The monoisotopic (exact) mass is 120 g/mol. The highest BCUT2D eigenvalue weighted by Gasteiger charge is 1.79. The van der Waals surface area contributed by atoms with Crippen LogP contribution in [-0.2, 0) is 0 Å². The van der Waals surface area contributed by atoms with Crippen molar-refractivity contribution in [2.45, 2.75) is 0 Å². The zero-order valence-corrected chi connectivity index (χ0v) is 5.46. The van der Waals surface area contributed by atoms with Gasteiger partial charge in [0.05, 0.1) is 0 Å². The highest BCUT2D eigenvalue weighted by Crippen LogP contribution is 1.99. The van der Waals surface area contributed by atoms with E-state index in [-0.39, 0.29) is 0 Å². The SMILES string of the molecule is [B]Pc1ccccc1. The van der Waals surface area contributed by atoms with E-state index in [9.17, 15) is 0 Å². The summed E-state index contributed by atoms with van der Waals surface area (Å²) in [6.07, 6.45) is 0. The molecule has 0 spiro atoms. The molecule has 0 nitrogen and oxygen atoms in total. The van der Waals surface area contributed by atoms with Gasteiger partial charge < -0.3 is 0 Å². The van der Waals surface area contributed by atoms with Crippen LogP contribution in [0.4, 0.5) is 0 Å². The van der Waals surface area contributed by atoms with Crippen LogP contribution in [0.2, 0.25) is 0 Å². The van der Waals surface area contributed by atoms with Crippen LogP contribution < -0.4 is 5.30 Å². The Morgan fingerprint density at radius 3 is 2.12 bits per heavy atom. The fourth-order valence-electron chi connectivity index (χ4n) is 0.534. The lowest BCUT2D eigenvalue weighted by atomic mass is 10.4. The summed E-state index contributed by atoms with van der Waals surface area (Å²) in [5.41, 5.74) is 0. The maximum absolute atomic E-state index is 5.38. The van der Waals surface area contributed by atoms with E-state index in [0.717, 1.165) is 0 Å². The molecule has 1 unspecified atom stereocenters. The Bertz CT molecular complexity index is 150. The van der Waals surface area contributed by atoms with E-state index in [4.69, 9.17) is 7.57 Å². The van der Waals surface area contributed by atoms with E-state index in [0.29, 0.717) is 8.46 Å². The average molecular weight is 120 g/mol. The molecule has 1 atom stereocenters. The predicted octanol–water partition coefficient (Wildman–Crippen LogP) is 1.07. The predicted molar refractivity (Wildman–Crippen MR) is 40.1 cm³/mol. The van der Waals surface area contributed by atoms with Crippen molar-refractivity contribution >= 4 is 21.3 Å². The molecule has 1 rings (SSSR count). The second-order valence-corrected chi connectivity index (χ2v) is 2.38. The molecule has 0 bridgehead atoms. The van der Waals surface area contributed by atoms with E-state index in [1.165, 1.54) is 5.30 Å². The molecule has 0 aromatic heterocycles. The second-order valence-electron chi connectivity index (χ2n) is 1.51. The standard InChI is InChI=1S/C6H6BP/c7-8-6-4-2-1-3-5-6/h1-5,8H. The molecule has 0 saturated heterocycles. The number of benzene rings is 1. The van der Waals surface area contributed by atoms with Gasteiger partial charge in [-0.1, -0.05) is 30.3 Å². The van der Waals surface area contributed by atoms with Gasteiger partial charge in [-0.25, -0.2) is 0 Å². The third kappa shape index (κ3) is 1.35. The van der Waals surface area contributed by atoms with E-state index >= 15 is 0 Å². The normalized spacial score (nSPS) is 10.5. The first kappa shape index (κ1) is 5.84. The zero-order chi connectivity index (χ0) is 5.82. The highest BCUT2D eigenvalue weighted by molar-refractivity contribution is 7.73. The molecule has 1 aromatic carbocycles. The van der Waals surface area contributed by atoms with Gasteiger partial charge in [-0.15, -0.1) is 8.46 Å². The van der Waals surface area contributed by atoms with Crippen molar-refractivity contribution in [1.29, 1.82) is 0 Å². The van der Waals surface area contributed by atoms with Crippen LogP contribution in [0.15, 0.2) is 30.3 Å². The topological polar surface area (TPSA) is 0 Å². The molecule has 2 heteroatoms. The largest absolute Gasteiger partial charge is 0.141 e. The van der Waals surface area contributed by atoms with Crippen LogP contribution in [0.3, 0.4) is 0 Å². The van der Waals surface area contributed by atoms with Crippen LogP contribution in [0.1, 0.15) is 0 Å². The molecule has 2 radical (unpaired) electrons. The summed E-state index contributed by atoms with van der Waals surface area (Å²) in [5, 5.41) is 1.22. The van der Waals surface area contributed by atoms with Crippen molar-refractivity contribution in [2.75, 3.05) is 0 Å². The molecule has 0 saturated carbocycles. The van der Waals surface area contributed by atoms with Crippen molar-refractivity contribution < 1.29 is 0 Å². The summed E-state index contributed by atoms with van der Waals surface area (Å²) in [6.45, 7) is 0. The molecule has 0 heterocycles. The fourth-order valence-corrected chi connectivity index (χ4v) is 0.919. The molecular weight excluding hydrogens is 114 g/mol. The molecule has 0 fully saturated rings. The maximum atomic E-state index is 5.38. The van der Waals surface area contributed by atoms with Crippen LogP contribution in [0, 0.1) is 0 Å². The Hall–Kier alpha value is -0.285. The van der Waals surface area contributed by atoms with Crippen molar-refractivity contribution in [3.63, 3.8) is 0 Å². The Morgan fingerprint density at radius 2 is 1.75 bits per heavy atom. The van der Waals surface area contributed by atoms with Crippen LogP contribution in [0.25, 0.3) is 0 Å². The van der Waals surface area contributed by atoms with Crippen molar-refractivity contribution in [3.8, 4) is 0 Å². The van der Waals surface area contributed by atoms with Gasteiger partial charge in [-0.05, 0) is 5.30 Å². The average Bonchev–Trinajstić information content (AvgIpc) is 1.90. The summed E-state index contributed by atoms with van der Waals surface area (Å²) in [4.78, 5) is 0. The van der Waals surface area contributed by atoms with E-state index in [2.05, 4.69) is 0 Å². The van der Waals surface area contributed by atoms with Crippen LogP contribution in [-0.4, -0.2) is 7.57 Å². The summed E-state index contributed by atoms with van der Waals surface area (Å²) < 4.78 is 0. The quantitative estimate of drug-likeness (QED) is 0.384. The molecular formula is C6H6BP. The third-order valence-corrected chi connectivity index (χ3v) is 1.61. The molecule has 0 N–H and O–H groups in total. The van der Waals surface area contributed by atoms with Gasteiger partial charge in [0.15, 0.2) is 0 Å². The van der Waals surface area contributed by atoms with E-state index in [1.54, 1.807) is 0 Å². The fraction of sp³-hybridized carbons (Fsp3) is 0. The van der Waals surface area contributed by atoms with Gasteiger partial charge >= 0.3 is 0 Å². The van der Waals surface area contributed by atoms with E-state index in [1.807, 2.05) is 30.3 Å². The first-order valence-electron chi connectivity index (χ1n) is 2.45. The number of hydrogen-bond acceptors (Lipinski definition) is 0. The molecule has 38 valence electrons. The Kier molecular flexibility index (Phi) is 2.11. The van der Waals surface area contributed by atoms with Crippen molar-refractivity contribution in [3.05, 3.63) is 30.3 Å². The van der Waals surface area contributed by atoms with Crippen LogP contribution in [0.5, 0.6) is 0 Å². The highest BCUT2D eigenvalue weighted by atomic mass is 31.1. The molecule has 0 amide bonds. The Labute approximate surface area is 52.5 Å². The van der Waals surface area contributed by atoms with Crippen molar-refractivity contribution in [1.82, 2.24) is 0 Å². The lowest BCUT2D eigenvalue weighted by molar-refractivity contribution is 1.78. The summed E-state index contributed by atoms with van der Waals surface area (Å²) in [7, 11) is 5.81. The first-order chi connectivity index (χ1) is 3.93. The zero-order valence-electron chi connectivity index (χ0n) is 4.46. The van der Waals surface area contributed by atoms with Crippen molar-refractivity contribution in [2.24, 2.45) is 0 Å². The van der Waals surface area contributed by atoms with Gasteiger partial charge in [0.2, 0.25) is 0 Å². The van der Waals surface area contributed by atoms with Gasteiger partial charge in [-0.3, -0.25) is 0 Å². The molecule has 1 aromatic rings. The first-order valence-corrected chi connectivity index (χ1v) is 3.53. The maximum Gasteiger partial charge on any atom is 0.110 e. The lowest BCUT2D eigenvalue weighted by Gasteiger charge is -1.90. The van der Waals surface area contributed by atoms with E-state index < -0.39 is 0 Å².